The first-order valence-electron chi connectivity index (χ1n) is 14.2. The van der Waals surface area contributed by atoms with Crippen LogP contribution in [0.5, 0.6) is 0 Å². The number of aromatic nitrogens is 1. The molecule has 2 saturated carbocycles. The van der Waals surface area contributed by atoms with Gasteiger partial charge in [0.15, 0.2) is 0 Å². The number of hydrogen-bond acceptors (Lipinski definition) is 6. The highest BCUT2D eigenvalue weighted by Gasteiger charge is 2.45. The summed E-state index contributed by atoms with van der Waals surface area (Å²) in [5, 5.41) is 7.41. The molecule has 40 heavy (non-hydrogen) atoms. The Labute approximate surface area is 234 Å². The first-order chi connectivity index (χ1) is 19.2. The quantitative estimate of drug-likeness (QED) is 0.400. The molecule has 212 valence electrons. The van der Waals surface area contributed by atoms with Gasteiger partial charge in [-0.3, -0.25) is 4.79 Å². The Balaban J connectivity index is 1.05. The van der Waals surface area contributed by atoms with Crippen LogP contribution >= 0.6 is 0 Å². The van der Waals surface area contributed by atoms with Crippen molar-refractivity contribution in [1.82, 2.24) is 20.3 Å². The fraction of sp³-hybridized carbons (Fsp3) is 0.467. The Bertz CT molecular complexity index is 1500. The molecule has 3 aliphatic rings. The average Bonchev–Trinajstić information content (AvgIpc) is 3.70. The van der Waals surface area contributed by atoms with Crippen molar-refractivity contribution in [3.8, 4) is 0 Å². The van der Waals surface area contributed by atoms with Gasteiger partial charge in [0.05, 0.1) is 16.5 Å². The van der Waals surface area contributed by atoms with Gasteiger partial charge >= 0.3 is 0 Å². The Hall–Kier alpha value is -3.08. The molecule has 1 spiro atoms. The molecular formula is C30H36FN5O3S. The lowest BCUT2D eigenvalue weighted by atomic mass is 9.85. The molecule has 10 heteroatoms. The Morgan fingerprint density at radius 1 is 1.07 bits per heavy atom. The number of carbonyl (C=O) groups excluding carboxylic acids is 1. The highest BCUT2D eigenvalue weighted by Crippen LogP contribution is 2.38. The second-order valence-corrected chi connectivity index (χ2v) is 13.3. The number of amides is 1. The van der Waals surface area contributed by atoms with E-state index in [-0.39, 0.29) is 40.2 Å². The number of sulfonamides is 1. The summed E-state index contributed by atoms with van der Waals surface area (Å²) in [6.07, 6.45) is 4.80. The summed E-state index contributed by atoms with van der Waals surface area (Å²) in [6.45, 7) is 4.69. The number of anilines is 1. The van der Waals surface area contributed by atoms with E-state index in [4.69, 9.17) is 4.98 Å². The smallest absolute Gasteiger partial charge is 0.240 e. The molecule has 2 aromatic carbocycles. The van der Waals surface area contributed by atoms with Crippen LogP contribution in [0.1, 0.15) is 57.1 Å². The standard InChI is InChI=1S/C30H36FN5O3S/c1-20(21-2-7-24(31)8-3-21)33-29(37)22-4-9-25(10-5-22)35-40(38,39)26-11-12-27-23(18-26)6-13-28(34-27)36-17-16-32-30(19-36)14-15-30/h2-3,6-8,11-13,18,20,22,25,32,35H,4-5,9-10,14-17,19H2,1H3,(H,33,37)/t20-,22-,25-/m1/s1. The van der Waals surface area contributed by atoms with Crippen LogP contribution in [0.3, 0.4) is 0 Å². The van der Waals surface area contributed by atoms with E-state index in [1.165, 1.54) is 25.0 Å². The molecule has 3 aromatic rings. The van der Waals surface area contributed by atoms with Crippen LogP contribution in [-0.2, 0) is 14.8 Å². The first-order valence-corrected chi connectivity index (χ1v) is 15.7. The van der Waals surface area contributed by atoms with Gasteiger partial charge < -0.3 is 15.5 Å². The maximum Gasteiger partial charge on any atom is 0.240 e. The summed E-state index contributed by atoms with van der Waals surface area (Å²) in [7, 11) is -3.71. The summed E-state index contributed by atoms with van der Waals surface area (Å²) in [4.78, 5) is 20.2. The fourth-order valence-electron chi connectivity index (χ4n) is 6.00. The second-order valence-electron chi connectivity index (χ2n) is 11.6. The minimum atomic E-state index is -3.71. The molecule has 1 aliphatic heterocycles. The van der Waals surface area contributed by atoms with Crippen LogP contribution < -0.4 is 20.3 Å². The third-order valence-corrected chi connectivity index (χ3v) is 10.2. The van der Waals surface area contributed by atoms with Gasteiger partial charge in [-0.1, -0.05) is 12.1 Å². The number of rotatable bonds is 7. The number of nitrogens with one attached hydrogen (secondary N) is 3. The molecule has 0 radical (unpaired) electrons. The summed E-state index contributed by atoms with van der Waals surface area (Å²) >= 11 is 0. The Morgan fingerprint density at radius 2 is 1.82 bits per heavy atom. The predicted molar refractivity (Wildman–Crippen MR) is 153 cm³/mol. The van der Waals surface area contributed by atoms with Crippen molar-refractivity contribution in [3.05, 3.63) is 66.0 Å². The van der Waals surface area contributed by atoms with Crippen LogP contribution in [-0.4, -0.2) is 50.5 Å². The van der Waals surface area contributed by atoms with Crippen LogP contribution in [0.25, 0.3) is 10.9 Å². The maximum atomic E-state index is 13.2. The maximum absolute atomic E-state index is 13.2. The van der Waals surface area contributed by atoms with E-state index in [1.807, 2.05) is 19.1 Å². The zero-order valence-corrected chi connectivity index (χ0v) is 23.5. The van der Waals surface area contributed by atoms with Crippen LogP contribution in [0.15, 0.2) is 59.5 Å². The molecule has 6 rings (SSSR count). The van der Waals surface area contributed by atoms with Crippen molar-refractivity contribution in [2.24, 2.45) is 5.92 Å². The number of pyridine rings is 1. The molecule has 1 atom stereocenters. The minimum absolute atomic E-state index is 0.0485. The van der Waals surface area contributed by atoms with Crippen LogP contribution in [0.4, 0.5) is 10.2 Å². The van der Waals surface area contributed by atoms with E-state index < -0.39 is 10.0 Å². The molecule has 0 bridgehead atoms. The van der Waals surface area contributed by atoms with Crippen molar-refractivity contribution in [1.29, 1.82) is 0 Å². The summed E-state index contributed by atoms with van der Waals surface area (Å²) in [5.74, 6) is 0.402. The normalized spacial score (nSPS) is 23.2. The Morgan fingerprint density at radius 3 is 2.55 bits per heavy atom. The highest BCUT2D eigenvalue weighted by atomic mass is 32.2. The van der Waals surface area contributed by atoms with E-state index in [2.05, 4.69) is 20.3 Å². The van der Waals surface area contributed by atoms with Gasteiger partial charge in [0.2, 0.25) is 15.9 Å². The molecule has 8 nitrogen and oxygen atoms in total. The van der Waals surface area contributed by atoms with Gasteiger partial charge in [-0.15, -0.1) is 0 Å². The van der Waals surface area contributed by atoms with Crippen molar-refractivity contribution < 1.29 is 17.6 Å². The number of halogens is 1. The van der Waals surface area contributed by atoms with Gasteiger partial charge in [-0.2, -0.15) is 0 Å². The molecule has 1 saturated heterocycles. The van der Waals surface area contributed by atoms with E-state index in [0.29, 0.717) is 25.7 Å². The predicted octanol–water partition coefficient (Wildman–Crippen LogP) is 4.03. The summed E-state index contributed by atoms with van der Waals surface area (Å²) in [6, 6.07) is 14.7. The molecule has 1 amide bonds. The largest absolute Gasteiger partial charge is 0.353 e. The molecule has 1 aromatic heterocycles. The van der Waals surface area contributed by atoms with Crippen LogP contribution in [0, 0.1) is 11.7 Å². The third kappa shape index (κ3) is 5.84. The lowest BCUT2D eigenvalue weighted by Gasteiger charge is -2.35. The molecular weight excluding hydrogens is 529 g/mol. The first kappa shape index (κ1) is 27.1. The molecule has 0 unspecified atom stereocenters. The number of hydrogen-bond donors (Lipinski definition) is 3. The zero-order chi connectivity index (χ0) is 27.9. The molecule has 3 fully saturated rings. The number of nitrogens with zero attached hydrogens (tertiary/aromatic N) is 2. The number of benzene rings is 2. The van der Waals surface area contributed by atoms with E-state index >= 15 is 0 Å². The lowest BCUT2D eigenvalue weighted by molar-refractivity contribution is -0.126. The van der Waals surface area contributed by atoms with E-state index in [9.17, 15) is 17.6 Å². The summed E-state index contributed by atoms with van der Waals surface area (Å²) < 4.78 is 42.5. The SMILES string of the molecule is C[C@@H](NC(=O)[C@H]1CC[C@H](NS(=O)(=O)c2ccc3nc(N4CCNC5(CC5)C4)ccc3c2)CC1)c1ccc(F)cc1. The highest BCUT2D eigenvalue weighted by molar-refractivity contribution is 7.89. The number of piperazine rings is 1. The fourth-order valence-corrected chi connectivity index (χ4v) is 7.34. The molecule has 3 N–H and O–H groups in total. The average molecular weight is 566 g/mol. The topological polar surface area (TPSA) is 103 Å². The van der Waals surface area contributed by atoms with E-state index in [0.717, 1.165) is 41.9 Å². The minimum Gasteiger partial charge on any atom is -0.353 e. The van der Waals surface area contributed by atoms with Gasteiger partial charge in [0, 0.05) is 42.5 Å². The van der Waals surface area contributed by atoms with Gasteiger partial charge in [-0.25, -0.2) is 22.5 Å². The van der Waals surface area contributed by atoms with E-state index in [1.54, 1.807) is 30.3 Å². The van der Waals surface area contributed by atoms with Crippen molar-refractivity contribution >= 4 is 32.7 Å². The van der Waals surface area contributed by atoms with Gasteiger partial charge in [-0.05, 0) is 93.5 Å². The van der Waals surface area contributed by atoms with Crippen LogP contribution in [0.2, 0.25) is 0 Å². The summed E-state index contributed by atoms with van der Waals surface area (Å²) in [5.41, 5.74) is 1.87. The van der Waals surface area contributed by atoms with Gasteiger partial charge in [0.1, 0.15) is 11.6 Å². The van der Waals surface area contributed by atoms with Crippen molar-refractivity contribution in [3.63, 3.8) is 0 Å². The van der Waals surface area contributed by atoms with Crippen molar-refractivity contribution in [2.75, 3.05) is 24.5 Å². The van der Waals surface area contributed by atoms with Gasteiger partial charge in [0.25, 0.3) is 0 Å². The zero-order valence-electron chi connectivity index (χ0n) is 22.7. The third-order valence-electron chi connectivity index (χ3n) is 8.66. The Kier molecular flexibility index (Phi) is 7.27. The number of fused-ring (bicyclic) bond motifs is 1. The monoisotopic (exact) mass is 565 g/mol. The second kappa shape index (κ2) is 10.7. The van der Waals surface area contributed by atoms with Crippen molar-refractivity contribution in [2.45, 2.75) is 68.0 Å². The number of carbonyl (C=O) groups is 1. The molecule has 2 aliphatic carbocycles. The lowest BCUT2D eigenvalue weighted by Crippen LogP contribution is -2.52. The molecule has 2 heterocycles.